The standard InChI is InChI=1S/C13H12BrN5O/c1-18-12(7-20)19(6-10-2-3-15-8-17-10)11-4-9(14)5-16-13(11)18/h2-5,7-8,12H,6H2,1H3. The zero-order valence-corrected chi connectivity index (χ0v) is 12.4. The number of fused-ring (bicyclic) bond motifs is 1. The van der Waals surface area contributed by atoms with E-state index >= 15 is 0 Å². The Morgan fingerprint density at radius 3 is 3.00 bits per heavy atom. The van der Waals surface area contributed by atoms with Crippen molar-refractivity contribution in [2.24, 2.45) is 0 Å². The van der Waals surface area contributed by atoms with Gasteiger partial charge in [-0.15, -0.1) is 0 Å². The Kier molecular flexibility index (Phi) is 3.35. The van der Waals surface area contributed by atoms with Crippen LogP contribution in [0.4, 0.5) is 11.5 Å². The lowest BCUT2D eigenvalue weighted by atomic mass is 10.3. The van der Waals surface area contributed by atoms with E-state index in [-0.39, 0.29) is 6.17 Å². The van der Waals surface area contributed by atoms with E-state index in [1.807, 2.05) is 29.0 Å². The Morgan fingerprint density at radius 1 is 1.45 bits per heavy atom. The summed E-state index contributed by atoms with van der Waals surface area (Å²) >= 11 is 3.42. The molecule has 6 nitrogen and oxygen atoms in total. The number of rotatable bonds is 3. The second-order valence-electron chi connectivity index (χ2n) is 4.49. The van der Waals surface area contributed by atoms with Gasteiger partial charge in [0.15, 0.2) is 18.3 Å². The van der Waals surface area contributed by atoms with Crippen LogP contribution in [0.5, 0.6) is 0 Å². The Balaban J connectivity index is 2.00. The van der Waals surface area contributed by atoms with Gasteiger partial charge in [0.1, 0.15) is 6.33 Å². The van der Waals surface area contributed by atoms with Gasteiger partial charge in [-0.1, -0.05) is 0 Å². The van der Waals surface area contributed by atoms with Gasteiger partial charge in [0, 0.05) is 23.9 Å². The molecule has 102 valence electrons. The summed E-state index contributed by atoms with van der Waals surface area (Å²) < 4.78 is 0.879. The first-order valence-corrected chi connectivity index (χ1v) is 6.85. The number of carbonyl (C=O) groups excluding carboxylic acids is 1. The minimum Gasteiger partial charge on any atom is -0.336 e. The molecule has 0 radical (unpaired) electrons. The Bertz CT molecular complexity index is 636. The average Bonchev–Trinajstić information content (AvgIpc) is 2.72. The SMILES string of the molecule is CN1c2ncc(Br)cc2N(Cc2ccncn2)C1C=O. The molecule has 0 aromatic carbocycles. The lowest BCUT2D eigenvalue weighted by Crippen LogP contribution is -2.42. The molecule has 1 aliphatic rings. The van der Waals surface area contributed by atoms with Crippen molar-refractivity contribution in [3.05, 3.63) is 41.0 Å². The number of aldehydes is 1. The second-order valence-corrected chi connectivity index (χ2v) is 5.40. The van der Waals surface area contributed by atoms with Gasteiger partial charge in [-0.05, 0) is 28.1 Å². The normalized spacial score (nSPS) is 17.2. The smallest absolute Gasteiger partial charge is 0.163 e. The van der Waals surface area contributed by atoms with E-state index in [4.69, 9.17) is 0 Å². The van der Waals surface area contributed by atoms with Crippen LogP contribution in [-0.2, 0) is 11.3 Å². The summed E-state index contributed by atoms with van der Waals surface area (Å²) in [5.74, 6) is 0.791. The third-order valence-corrected chi connectivity index (χ3v) is 3.70. The number of carbonyl (C=O) groups is 1. The molecule has 7 heteroatoms. The highest BCUT2D eigenvalue weighted by atomic mass is 79.9. The third-order valence-electron chi connectivity index (χ3n) is 3.27. The molecule has 0 spiro atoms. The van der Waals surface area contributed by atoms with Crippen LogP contribution >= 0.6 is 15.9 Å². The van der Waals surface area contributed by atoms with Crippen molar-refractivity contribution in [3.63, 3.8) is 0 Å². The van der Waals surface area contributed by atoms with Crippen LogP contribution in [0.3, 0.4) is 0 Å². The van der Waals surface area contributed by atoms with Crippen molar-refractivity contribution >= 4 is 33.7 Å². The summed E-state index contributed by atoms with van der Waals surface area (Å²) in [4.78, 5) is 27.7. The molecule has 1 aliphatic heterocycles. The summed E-state index contributed by atoms with van der Waals surface area (Å²) in [7, 11) is 1.86. The predicted molar refractivity (Wildman–Crippen MR) is 78.4 cm³/mol. The van der Waals surface area contributed by atoms with E-state index in [1.54, 1.807) is 12.4 Å². The van der Waals surface area contributed by atoms with E-state index in [2.05, 4.69) is 30.9 Å². The minimum absolute atomic E-state index is 0.373. The summed E-state index contributed by atoms with van der Waals surface area (Å²) in [6.45, 7) is 0.529. The quantitative estimate of drug-likeness (QED) is 0.795. The molecule has 0 saturated carbocycles. The molecule has 0 bridgehead atoms. The first-order chi connectivity index (χ1) is 9.70. The molecular weight excluding hydrogens is 322 g/mol. The fourth-order valence-electron chi connectivity index (χ4n) is 2.31. The number of hydrogen-bond donors (Lipinski definition) is 0. The third kappa shape index (κ3) is 2.14. The second kappa shape index (κ2) is 5.16. The number of anilines is 2. The molecule has 20 heavy (non-hydrogen) atoms. The number of nitrogens with zero attached hydrogens (tertiary/aromatic N) is 5. The van der Waals surface area contributed by atoms with Gasteiger partial charge in [0.05, 0.1) is 17.9 Å². The van der Waals surface area contributed by atoms with Crippen molar-refractivity contribution in [1.29, 1.82) is 0 Å². The van der Waals surface area contributed by atoms with Crippen molar-refractivity contribution < 1.29 is 4.79 Å². The molecule has 3 heterocycles. The van der Waals surface area contributed by atoms with Crippen molar-refractivity contribution in [3.8, 4) is 0 Å². The maximum absolute atomic E-state index is 11.4. The van der Waals surface area contributed by atoms with Crippen LogP contribution in [0.15, 0.2) is 35.3 Å². The summed E-state index contributed by atoms with van der Waals surface area (Å²) in [6, 6.07) is 3.80. The molecule has 0 N–H and O–H groups in total. The molecular formula is C13H12BrN5O. The first-order valence-electron chi connectivity index (χ1n) is 6.06. The molecule has 1 unspecified atom stereocenters. The van der Waals surface area contributed by atoms with Crippen LogP contribution in [0.2, 0.25) is 0 Å². The molecule has 3 rings (SSSR count). The van der Waals surface area contributed by atoms with Gasteiger partial charge in [0.2, 0.25) is 0 Å². The zero-order chi connectivity index (χ0) is 14.1. The maximum atomic E-state index is 11.4. The highest BCUT2D eigenvalue weighted by Gasteiger charge is 2.34. The molecule has 0 saturated heterocycles. The molecule has 0 fully saturated rings. The summed E-state index contributed by atoms with van der Waals surface area (Å²) in [6.07, 6.45) is 5.47. The summed E-state index contributed by atoms with van der Waals surface area (Å²) in [5, 5.41) is 0. The lowest BCUT2D eigenvalue weighted by Gasteiger charge is -2.25. The number of halogens is 1. The largest absolute Gasteiger partial charge is 0.336 e. The van der Waals surface area contributed by atoms with Crippen LogP contribution in [0, 0.1) is 0 Å². The molecule has 0 amide bonds. The first kappa shape index (κ1) is 13.0. The zero-order valence-electron chi connectivity index (χ0n) is 10.8. The van der Waals surface area contributed by atoms with Crippen molar-refractivity contribution in [2.45, 2.75) is 12.7 Å². The summed E-state index contributed by atoms with van der Waals surface area (Å²) in [5.41, 5.74) is 1.77. The average molecular weight is 334 g/mol. The molecule has 0 aliphatic carbocycles. The Morgan fingerprint density at radius 2 is 2.30 bits per heavy atom. The van der Waals surface area contributed by atoms with Crippen molar-refractivity contribution in [1.82, 2.24) is 15.0 Å². The molecule has 2 aromatic heterocycles. The predicted octanol–water partition coefficient (Wildman–Crippen LogP) is 1.62. The van der Waals surface area contributed by atoms with E-state index < -0.39 is 0 Å². The number of hydrogen-bond acceptors (Lipinski definition) is 6. The topological polar surface area (TPSA) is 62.2 Å². The molecule has 1 atom stereocenters. The van der Waals surface area contributed by atoms with Gasteiger partial charge in [0.25, 0.3) is 0 Å². The van der Waals surface area contributed by atoms with Gasteiger partial charge in [-0.3, -0.25) is 4.79 Å². The maximum Gasteiger partial charge on any atom is 0.163 e. The van der Waals surface area contributed by atoms with Crippen LogP contribution < -0.4 is 9.80 Å². The van der Waals surface area contributed by atoms with Crippen LogP contribution in [0.1, 0.15) is 5.69 Å². The monoisotopic (exact) mass is 333 g/mol. The van der Waals surface area contributed by atoms with E-state index in [9.17, 15) is 4.79 Å². The van der Waals surface area contributed by atoms with Gasteiger partial charge in [-0.25, -0.2) is 15.0 Å². The fourth-order valence-corrected chi connectivity index (χ4v) is 2.63. The van der Waals surface area contributed by atoms with Gasteiger partial charge in [-0.2, -0.15) is 0 Å². The Labute approximate surface area is 124 Å². The van der Waals surface area contributed by atoms with E-state index in [0.29, 0.717) is 6.54 Å². The Hall–Kier alpha value is -2.02. The number of aromatic nitrogens is 3. The highest BCUT2D eigenvalue weighted by molar-refractivity contribution is 9.10. The van der Waals surface area contributed by atoms with E-state index in [0.717, 1.165) is 28.0 Å². The van der Waals surface area contributed by atoms with Gasteiger partial charge >= 0.3 is 0 Å². The number of likely N-dealkylation sites (N-methyl/N-ethyl adjacent to an activating group) is 1. The van der Waals surface area contributed by atoms with Crippen molar-refractivity contribution in [2.75, 3.05) is 16.8 Å². The minimum atomic E-state index is -0.373. The lowest BCUT2D eigenvalue weighted by molar-refractivity contribution is -0.108. The fraction of sp³-hybridized carbons (Fsp3) is 0.231. The van der Waals surface area contributed by atoms with Crippen LogP contribution in [0.25, 0.3) is 0 Å². The molecule has 2 aromatic rings. The van der Waals surface area contributed by atoms with Crippen LogP contribution in [-0.4, -0.2) is 34.5 Å². The van der Waals surface area contributed by atoms with E-state index in [1.165, 1.54) is 6.33 Å². The number of pyridine rings is 1. The highest BCUT2D eigenvalue weighted by Crippen LogP contribution is 2.38. The van der Waals surface area contributed by atoms with Gasteiger partial charge < -0.3 is 9.80 Å².